The smallest absolute Gasteiger partial charge is 0.272 e. The van der Waals surface area contributed by atoms with Crippen molar-refractivity contribution in [1.82, 2.24) is 14.7 Å². The molecule has 0 unspecified atom stereocenters. The van der Waals surface area contributed by atoms with Gasteiger partial charge in [0.1, 0.15) is 5.69 Å². The van der Waals surface area contributed by atoms with E-state index < -0.39 is 0 Å². The highest BCUT2D eigenvalue weighted by atomic mass is 79.9. The average Bonchev–Trinajstić information content (AvgIpc) is 2.75. The predicted molar refractivity (Wildman–Crippen MR) is 72.4 cm³/mol. The molecule has 0 aromatic carbocycles. The summed E-state index contributed by atoms with van der Waals surface area (Å²) in [6.07, 6.45) is 3.62. The van der Waals surface area contributed by atoms with E-state index in [0.717, 1.165) is 24.7 Å². The molecule has 0 fully saturated rings. The highest BCUT2D eigenvalue weighted by molar-refractivity contribution is 9.09. The van der Waals surface area contributed by atoms with Crippen molar-refractivity contribution in [2.24, 2.45) is 7.05 Å². The summed E-state index contributed by atoms with van der Waals surface area (Å²) in [7, 11) is 1.80. The number of halogens is 1. The van der Waals surface area contributed by atoms with E-state index in [1.54, 1.807) is 24.0 Å². The Hall–Kier alpha value is -0.840. The monoisotopic (exact) mass is 301 g/mol. The van der Waals surface area contributed by atoms with Crippen LogP contribution >= 0.6 is 15.9 Å². The zero-order valence-electron chi connectivity index (χ0n) is 10.7. The fourth-order valence-electron chi connectivity index (χ4n) is 2.00. The maximum absolute atomic E-state index is 12.4. The molecule has 1 rings (SSSR count). The van der Waals surface area contributed by atoms with E-state index in [-0.39, 0.29) is 5.91 Å². The number of amides is 1. The van der Waals surface area contributed by atoms with Gasteiger partial charge in [-0.25, -0.2) is 0 Å². The van der Waals surface area contributed by atoms with Crippen LogP contribution in [0.25, 0.3) is 0 Å². The van der Waals surface area contributed by atoms with E-state index in [1.165, 1.54) is 0 Å². The number of hydrogen-bond acceptors (Lipinski definition) is 2. The summed E-state index contributed by atoms with van der Waals surface area (Å²) in [5, 5.41) is 4.85. The number of carbonyl (C=O) groups is 1. The van der Waals surface area contributed by atoms with Crippen molar-refractivity contribution in [1.29, 1.82) is 0 Å². The first kappa shape index (κ1) is 14.2. The van der Waals surface area contributed by atoms with Crippen molar-refractivity contribution in [2.75, 3.05) is 11.9 Å². The van der Waals surface area contributed by atoms with Crippen LogP contribution < -0.4 is 0 Å². The minimum atomic E-state index is 0.0677. The van der Waals surface area contributed by atoms with Gasteiger partial charge in [-0.15, -0.1) is 0 Å². The first-order valence-corrected chi connectivity index (χ1v) is 7.12. The van der Waals surface area contributed by atoms with Gasteiger partial charge in [0.25, 0.3) is 5.91 Å². The second kappa shape index (κ2) is 6.79. The molecule has 0 atom stereocenters. The Morgan fingerprint density at radius 2 is 2.18 bits per heavy atom. The van der Waals surface area contributed by atoms with Crippen LogP contribution in [-0.2, 0) is 7.05 Å². The normalized spacial score (nSPS) is 10.9. The molecule has 1 aromatic rings. The third-order valence-corrected chi connectivity index (χ3v) is 3.36. The van der Waals surface area contributed by atoms with Crippen LogP contribution in [0.2, 0.25) is 0 Å². The first-order valence-electron chi connectivity index (χ1n) is 6.00. The van der Waals surface area contributed by atoms with Gasteiger partial charge >= 0.3 is 0 Å². The summed E-state index contributed by atoms with van der Waals surface area (Å²) in [6.45, 7) is 4.97. The fourth-order valence-corrected chi connectivity index (χ4v) is 2.38. The van der Waals surface area contributed by atoms with Crippen LogP contribution in [0.1, 0.15) is 37.2 Å². The van der Waals surface area contributed by atoms with Crippen LogP contribution in [0.5, 0.6) is 0 Å². The summed E-state index contributed by atoms with van der Waals surface area (Å²) in [5.74, 6) is 0.0677. The standard InChI is InChI=1S/C12H20BrN3O/c1-4-10(5-2)16(9-7-13)12(17)11-6-8-14-15(11)3/h6,8,10H,4-5,7,9H2,1-3H3. The van der Waals surface area contributed by atoms with Crippen molar-refractivity contribution in [3.05, 3.63) is 18.0 Å². The van der Waals surface area contributed by atoms with E-state index in [4.69, 9.17) is 0 Å². The van der Waals surface area contributed by atoms with Crippen molar-refractivity contribution >= 4 is 21.8 Å². The van der Waals surface area contributed by atoms with Crippen LogP contribution in [0, 0.1) is 0 Å². The minimum Gasteiger partial charge on any atom is -0.334 e. The third kappa shape index (κ3) is 3.31. The van der Waals surface area contributed by atoms with Crippen LogP contribution in [0.4, 0.5) is 0 Å². The van der Waals surface area contributed by atoms with E-state index in [1.807, 2.05) is 4.90 Å². The molecule has 1 aromatic heterocycles. The number of aromatic nitrogens is 2. The number of carbonyl (C=O) groups excluding carboxylic acids is 1. The highest BCUT2D eigenvalue weighted by Gasteiger charge is 2.23. The number of aryl methyl sites for hydroxylation is 1. The molecule has 1 heterocycles. The quantitative estimate of drug-likeness (QED) is 0.757. The lowest BCUT2D eigenvalue weighted by Gasteiger charge is -2.30. The lowest BCUT2D eigenvalue weighted by molar-refractivity contribution is 0.0671. The second-order valence-electron chi connectivity index (χ2n) is 4.00. The van der Waals surface area contributed by atoms with Crippen LogP contribution in [0.3, 0.4) is 0 Å². The topological polar surface area (TPSA) is 38.1 Å². The molecule has 5 heteroatoms. The Bertz CT molecular complexity index is 360. The molecule has 0 saturated carbocycles. The second-order valence-corrected chi connectivity index (χ2v) is 4.79. The Labute approximate surface area is 111 Å². The number of nitrogens with zero attached hydrogens (tertiary/aromatic N) is 3. The zero-order valence-corrected chi connectivity index (χ0v) is 12.3. The largest absolute Gasteiger partial charge is 0.334 e. The molecule has 0 bridgehead atoms. The van der Waals surface area contributed by atoms with E-state index in [0.29, 0.717) is 11.7 Å². The summed E-state index contributed by atoms with van der Waals surface area (Å²) in [4.78, 5) is 14.4. The van der Waals surface area contributed by atoms with Gasteiger partial charge in [-0.05, 0) is 18.9 Å². The molecule has 4 nitrogen and oxygen atoms in total. The molecular weight excluding hydrogens is 282 g/mol. The molecule has 0 radical (unpaired) electrons. The molecule has 17 heavy (non-hydrogen) atoms. The van der Waals surface area contributed by atoms with Gasteiger partial charge in [0.2, 0.25) is 0 Å². The summed E-state index contributed by atoms with van der Waals surface area (Å²) in [6, 6.07) is 2.07. The zero-order chi connectivity index (χ0) is 12.8. The summed E-state index contributed by atoms with van der Waals surface area (Å²) < 4.78 is 1.63. The minimum absolute atomic E-state index is 0.0677. The molecule has 96 valence electrons. The first-order chi connectivity index (χ1) is 8.15. The molecule has 0 N–H and O–H groups in total. The fraction of sp³-hybridized carbons (Fsp3) is 0.667. The maximum Gasteiger partial charge on any atom is 0.272 e. The van der Waals surface area contributed by atoms with Crippen LogP contribution in [0.15, 0.2) is 12.3 Å². The van der Waals surface area contributed by atoms with E-state index in [2.05, 4.69) is 34.9 Å². The van der Waals surface area contributed by atoms with Crippen LogP contribution in [-0.4, -0.2) is 38.5 Å². The Morgan fingerprint density at radius 1 is 1.53 bits per heavy atom. The molecule has 0 aliphatic rings. The lowest BCUT2D eigenvalue weighted by atomic mass is 10.1. The van der Waals surface area contributed by atoms with E-state index >= 15 is 0 Å². The SMILES string of the molecule is CCC(CC)N(CCBr)C(=O)c1ccnn1C. The van der Waals surface area contributed by atoms with Crippen molar-refractivity contribution in [2.45, 2.75) is 32.7 Å². The molecule has 0 saturated heterocycles. The molecule has 0 aliphatic carbocycles. The van der Waals surface area contributed by atoms with Gasteiger partial charge in [0, 0.05) is 31.2 Å². The maximum atomic E-state index is 12.4. The average molecular weight is 302 g/mol. The molecular formula is C12H20BrN3O. The van der Waals surface area contributed by atoms with E-state index in [9.17, 15) is 4.79 Å². The molecule has 1 amide bonds. The van der Waals surface area contributed by atoms with Gasteiger partial charge in [-0.3, -0.25) is 9.48 Å². The number of hydrogen-bond donors (Lipinski definition) is 0. The Balaban J connectivity index is 2.91. The van der Waals surface area contributed by atoms with Crippen molar-refractivity contribution in [3.63, 3.8) is 0 Å². The summed E-state index contributed by atoms with van der Waals surface area (Å²) >= 11 is 3.41. The van der Waals surface area contributed by atoms with Gasteiger partial charge in [-0.2, -0.15) is 5.10 Å². The van der Waals surface area contributed by atoms with Gasteiger partial charge in [-0.1, -0.05) is 29.8 Å². The summed E-state index contributed by atoms with van der Waals surface area (Å²) in [5.41, 5.74) is 0.651. The van der Waals surface area contributed by atoms with Gasteiger partial charge in [0.15, 0.2) is 0 Å². The van der Waals surface area contributed by atoms with Crippen molar-refractivity contribution in [3.8, 4) is 0 Å². The molecule has 0 aliphatic heterocycles. The van der Waals surface area contributed by atoms with Crippen molar-refractivity contribution < 1.29 is 4.79 Å². The lowest BCUT2D eigenvalue weighted by Crippen LogP contribution is -2.41. The predicted octanol–water partition coefficient (Wildman–Crippen LogP) is 2.45. The van der Waals surface area contributed by atoms with Gasteiger partial charge in [0.05, 0.1) is 0 Å². The molecule has 0 spiro atoms. The Kier molecular flexibility index (Phi) is 5.68. The van der Waals surface area contributed by atoms with Gasteiger partial charge < -0.3 is 4.90 Å². The number of rotatable bonds is 6. The highest BCUT2D eigenvalue weighted by Crippen LogP contribution is 2.13. The third-order valence-electron chi connectivity index (χ3n) is 3.01. The Morgan fingerprint density at radius 3 is 2.59 bits per heavy atom. The number of alkyl halides is 1.